The molecule has 0 saturated heterocycles. The smallest absolute Gasteiger partial charge is 0.407 e. The largest absolute Gasteiger partial charge is 0.465 e. The van der Waals surface area contributed by atoms with E-state index >= 15 is 0 Å². The van der Waals surface area contributed by atoms with Crippen molar-refractivity contribution in [2.45, 2.75) is 20.0 Å². The molecule has 1 aromatic carbocycles. The van der Waals surface area contributed by atoms with Crippen molar-refractivity contribution >= 4 is 23.7 Å². The number of aldehydes is 1. The van der Waals surface area contributed by atoms with E-state index in [0.29, 0.717) is 18.0 Å². The van der Waals surface area contributed by atoms with Gasteiger partial charge in [-0.05, 0) is 24.1 Å². The van der Waals surface area contributed by atoms with Crippen LogP contribution in [-0.4, -0.2) is 22.4 Å². The third-order valence-electron chi connectivity index (χ3n) is 3.00. The van der Waals surface area contributed by atoms with Gasteiger partial charge < -0.3 is 5.11 Å². The van der Waals surface area contributed by atoms with Gasteiger partial charge in [-0.1, -0.05) is 30.3 Å². The predicted molar refractivity (Wildman–Crippen MR) is 78.2 cm³/mol. The fraction of sp³-hybridized carbons (Fsp3) is 0.200. The Balaban J connectivity index is 2.15. The first-order chi connectivity index (χ1) is 9.60. The highest BCUT2D eigenvalue weighted by atomic mass is 32.1. The van der Waals surface area contributed by atoms with E-state index in [-0.39, 0.29) is 0 Å². The molecule has 0 aliphatic rings. The normalized spacial score (nSPS) is 10.2. The number of nitrogens with zero attached hydrogens (tertiary/aromatic N) is 1. The third-order valence-corrected chi connectivity index (χ3v) is 4.02. The van der Waals surface area contributed by atoms with Gasteiger partial charge in [0, 0.05) is 11.4 Å². The van der Waals surface area contributed by atoms with Gasteiger partial charge in [0.25, 0.3) is 0 Å². The van der Waals surface area contributed by atoms with Crippen LogP contribution in [-0.2, 0) is 13.1 Å². The monoisotopic (exact) mass is 289 g/mol. The molecule has 4 nitrogen and oxygen atoms in total. The van der Waals surface area contributed by atoms with Crippen LogP contribution in [0.3, 0.4) is 0 Å². The maximum atomic E-state index is 11.4. The van der Waals surface area contributed by atoms with E-state index < -0.39 is 6.09 Å². The first-order valence-corrected chi connectivity index (χ1v) is 6.98. The van der Waals surface area contributed by atoms with Gasteiger partial charge in [0.1, 0.15) is 0 Å². The molecule has 0 atom stereocenters. The lowest BCUT2D eigenvalue weighted by molar-refractivity contribution is 0.112. The molecule has 0 fully saturated rings. The Morgan fingerprint density at radius 3 is 2.55 bits per heavy atom. The summed E-state index contributed by atoms with van der Waals surface area (Å²) in [6.45, 7) is 2.53. The molecule has 1 aromatic heterocycles. The van der Waals surface area contributed by atoms with E-state index in [1.165, 1.54) is 16.2 Å². The van der Waals surface area contributed by atoms with Crippen LogP contribution in [0.1, 0.15) is 25.7 Å². The molecule has 20 heavy (non-hydrogen) atoms. The number of aryl methyl sites for hydroxylation is 1. The summed E-state index contributed by atoms with van der Waals surface area (Å²) in [6, 6.07) is 11.2. The fourth-order valence-corrected chi connectivity index (χ4v) is 2.82. The molecule has 1 N–H and O–H groups in total. The quantitative estimate of drug-likeness (QED) is 0.856. The van der Waals surface area contributed by atoms with E-state index in [4.69, 9.17) is 0 Å². The van der Waals surface area contributed by atoms with Crippen LogP contribution >= 0.6 is 11.3 Å². The van der Waals surface area contributed by atoms with E-state index in [2.05, 4.69) is 0 Å². The summed E-state index contributed by atoms with van der Waals surface area (Å²) in [5.74, 6) is 0. The van der Waals surface area contributed by atoms with Gasteiger partial charge in [-0.25, -0.2) is 4.79 Å². The van der Waals surface area contributed by atoms with Crippen molar-refractivity contribution < 1.29 is 14.7 Å². The summed E-state index contributed by atoms with van der Waals surface area (Å²) in [5.41, 5.74) is 1.83. The molecule has 0 unspecified atom stereocenters. The van der Waals surface area contributed by atoms with Crippen LogP contribution in [0, 0.1) is 6.92 Å². The second-order valence-electron chi connectivity index (χ2n) is 4.47. The van der Waals surface area contributed by atoms with Gasteiger partial charge >= 0.3 is 6.09 Å². The topological polar surface area (TPSA) is 57.6 Å². The van der Waals surface area contributed by atoms with Crippen molar-refractivity contribution in [3.05, 3.63) is 57.3 Å². The number of carbonyl (C=O) groups excluding carboxylic acids is 1. The predicted octanol–water partition coefficient (Wildman–Crippen LogP) is 3.55. The van der Waals surface area contributed by atoms with Crippen molar-refractivity contribution in [3.63, 3.8) is 0 Å². The molecule has 104 valence electrons. The second kappa shape index (κ2) is 6.34. The molecule has 0 spiro atoms. The summed E-state index contributed by atoms with van der Waals surface area (Å²) in [7, 11) is 0. The van der Waals surface area contributed by atoms with Crippen LogP contribution in [0.25, 0.3) is 0 Å². The lowest BCUT2D eigenvalue weighted by Crippen LogP contribution is -2.28. The summed E-state index contributed by atoms with van der Waals surface area (Å²) >= 11 is 1.39. The lowest BCUT2D eigenvalue weighted by Gasteiger charge is -2.19. The Labute approximate surface area is 121 Å². The van der Waals surface area contributed by atoms with E-state index in [1.807, 2.05) is 37.3 Å². The molecular weight excluding hydrogens is 274 g/mol. The van der Waals surface area contributed by atoms with E-state index in [9.17, 15) is 14.7 Å². The highest BCUT2D eigenvalue weighted by Crippen LogP contribution is 2.22. The molecular formula is C15H15NO3S. The van der Waals surface area contributed by atoms with Gasteiger partial charge in [-0.15, -0.1) is 11.3 Å². The van der Waals surface area contributed by atoms with Crippen molar-refractivity contribution in [2.75, 3.05) is 0 Å². The molecule has 1 amide bonds. The Morgan fingerprint density at radius 2 is 2.00 bits per heavy atom. The molecule has 0 saturated carbocycles. The van der Waals surface area contributed by atoms with Crippen molar-refractivity contribution in [2.24, 2.45) is 0 Å². The number of thiophene rings is 1. The average Bonchev–Trinajstić information content (AvgIpc) is 2.80. The van der Waals surface area contributed by atoms with Gasteiger partial charge in [0.2, 0.25) is 0 Å². The lowest BCUT2D eigenvalue weighted by atomic mass is 10.2. The SMILES string of the molecule is Cc1sc(C=O)cc1CN(Cc1ccccc1)C(=O)O. The van der Waals surface area contributed by atoms with Gasteiger partial charge in [-0.3, -0.25) is 9.69 Å². The molecule has 5 heteroatoms. The summed E-state index contributed by atoms with van der Waals surface area (Å²) in [6.07, 6.45) is -0.171. The Morgan fingerprint density at radius 1 is 1.30 bits per heavy atom. The minimum atomic E-state index is -0.966. The maximum Gasteiger partial charge on any atom is 0.407 e. The maximum absolute atomic E-state index is 11.4. The van der Waals surface area contributed by atoms with Gasteiger partial charge in [0.15, 0.2) is 6.29 Å². The minimum Gasteiger partial charge on any atom is -0.465 e. The number of hydrogen-bond donors (Lipinski definition) is 1. The highest BCUT2D eigenvalue weighted by molar-refractivity contribution is 7.13. The third kappa shape index (κ3) is 3.45. The number of amides is 1. The Bertz CT molecular complexity index is 607. The summed E-state index contributed by atoms with van der Waals surface area (Å²) in [4.78, 5) is 25.1. The number of benzene rings is 1. The number of carbonyl (C=O) groups is 2. The molecule has 0 bridgehead atoms. The fourth-order valence-electron chi connectivity index (χ4n) is 1.96. The first kappa shape index (κ1) is 14.3. The number of rotatable bonds is 5. The molecule has 1 heterocycles. The Hall–Kier alpha value is -2.14. The molecule has 2 rings (SSSR count). The zero-order valence-corrected chi connectivity index (χ0v) is 11.9. The molecule has 0 aliphatic heterocycles. The van der Waals surface area contributed by atoms with Crippen molar-refractivity contribution in [1.82, 2.24) is 4.90 Å². The molecule has 0 aliphatic carbocycles. The van der Waals surface area contributed by atoms with Crippen LogP contribution in [0.5, 0.6) is 0 Å². The number of hydrogen-bond acceptors (Lipinski definition) is 3. The van der Waals surface area contributed by atoms with Crippen LogP contribution < -0.4 is 0 Å². The Kier molecular flexibility index (Phi) is 4.53. The molecule has 2 aromatic rings. The van der Waals surface area contributed by atoms with Crippen LogP contribution in [0.15, 0.2) is 36.4 Å². The highest BCUT2D eigenvalue weighted by Gasteiger charge is 2.15. The summed E-state index contributed by atoms with van der Waals surface area (Å²) < 4.78 is 0. The second-order valence-corrected chi connectivity index (χ2v) is 5.76. The van der Waals surface area contributed by atoms with E-state index in [0.717, 1.165) is 22.3 Å². The molecule has 0 radical (unpaired) electrons. The van der Waals surface area contributed by atoms with Crippen molar-refractivity contribution in [3.8, 4) is 0 Å². The summed E-state index contributed by atoms with van der Waals surface area (Å²) in [5, 5.41) is 9.31. The first-order valence-electron chi connectivity index (χ1n) is 6.16. The zero-order valence-electron chi connectivity index (χ0n) is 11.1. The minimum absolute atomic E-state index is 0.292. The van der Waals surface area contributed by atoms with E-state index in [1.54, 1.807) is 6.07 Å². The van der Waals surface area contributed by atoms with Crippen molar-refractivity contribution in [1.29, 1.82) is 0 Å². The zero-order chi connectivity index (χ0) is 14.5. The van der Waals surface area contributed by atoms with Crippen LogP contribution in [0.2, 0.25) is 0 Å². The standard InChI is InChI=1S/C15H15NO3S/c1-11-13(7-14(10-17)20-11)9-16(15(18)19)8-12-5-3-2-4-6-12/h2-7,10H,8-9H2,1H3,(H,18,19). The van der Waals surface area contributed by atoms with Crippen LogP contribution in [0.4, 0.5) is 4.79 Å². The number of carboxylic acid groups (broad SMARTS) is 1. The van der Waals surface area contributed by atoms with Gasteiger partial charge in [-0.2, -0.15) is 0 Å². The average molecular weight is 289 g/mol. The van der Waals surface area contributed by atoms with Gasteiger partial charge in [0.05, 0.1) is 11.4 Å².